The molecule has 0 N–H and O–H groups in total. The number of morpholine rings is 1. The van der Waals surface area contributed by atoms with E-state index < -0.39 is 11.1 Å². The number of fused-ring (bicyclic) bond motifs is 1. The van der Waals surface area contributed by atoms with E-state index in [2.05, 4.69) is 31.7 Å². The van der Waals surface area contributed by atoms with Gasteiger partial charge in [0.1, 0.15) is 0 Å². The van der Waals surface area contributed by atoms with E-state index in [9.17, 15) is 9.59 Å². The highest BCUT2D eigenvalue weighted by atomic mass is 35.5. The topological polar surface area (TPSA) is 98.4 Å². The predicted molar refractivity (Wildman–Crippen MR) is 129 cm³/mol. The molecule has 0 aliphatic carbocycles. The molecule has 0 bridgehead atoms. The van der Waals surface area contributed by atoms with Gasteiger partial charge in [-0.1, -0.05) is 11.6 Å². The van der Waals surface area contributed by atoms with Gasteiger partial charge in [-0.05, 0) is 25.8 Å². The van der Waals surface area contributed by atoms with Gasteiger partial charge in [-0.3, -0.25) is 19.1 Å². The van der Waals surface area contributed by atoms with Crippen LogP contribution in [0.3, 0.4) is 0 Å². The lowest BCUT2D eigenvalue weighted by Crippen LogP contribution is -2.45. The van der Waals surface area contributed by atoms with Crippen LogP contribution in [0.15, 0.2) is 34.2 Å². The van der Waals surface area contributed by atoms with Gasteiger partial charge in [-0.15, -0.1) is 0 Å². The SMILES string of the molecule is C[C@H]1COCCN1Cc1cnc(N2CCC(n3c(=O)c(=O)n(C)c4cc(Cl)cnc43)CC2)nc1. The molecule has 2 aliphatic rings. The summed E-state index contributed by atoms with van der Waals surface area (Å²) in [6.07, 6.45) is 6.66. The third kappa shape index (κ3) is 4.33. The molecule has 5 rings (SSSR count). The first kappa shape index (κ1) is 22.9. The number of hydrogen-bond acceptors (Lipinski definition) is 8. The van der Waals surface area contributed by atoms with Crippen LogP contribution in [0.2, 0.25) is 5.02 Å². The molecule has 180 valence electrons. The summed E-state index contributed by atoms with van der Waals surface area (Å²) >= 11 is 6.09. The summed E-state index contributed by atoms with van der Waals surface area (Å²) in [6, 6.07) is 1.92. The Kier molecular flexibility index (Phi) is 6.37. The Bertz CT molecular complexity index is 1300. The maximum atomic E-state index is 12.9. The molecule has 0 unspecified atom stereocenters. The van der Waals surface area contributed by atoms with Gasteiger partial charge < -0.3 is 14.2 Å². The molecule has 0 aromatic carbocycles. The normalized spacial score (nSPS) is 20.2. The summed E-state index contributed by atoms with van der Waals surface area (Å²) in [7, 11) is 1.57. The van der Waals surface area contributed by atoms with Gasteiger partial charge in [0.25, 0.3) is 0 Å². The smallest absolute Gasteiger partial charge is 0.318 e. The van der Waals surface area contributed by atoms with Crippen LogP contribution in [0.1, 0.15) is 31.4 Å². The summed E-state index contributed by atoms with van der Waals surface area (Å²) in [5.74, 6) is 0.684. The molecule has 2 saturated heterocycles. The molecule has 0 amide bonds. The molecule has 0 radical (unpaired) electrons. The number of aryl methyl sites for hydroxylation is 1. The molecule has 0 spiro atoms. The van der Waals surface area contributed by atoms with Gasteiger partial charge in [0, 0.05) is 69.5 Å². The van der Waals surface area contributed by atoms with Crippen molar-refractivity contribution >= 4 is 28.7 Å². The van der Waals surface area contributed by atoms with Gasteiger partial charge in [0.15, 0.2) is 5.65 Å². The Balaban J connectivity index is 1.30. The van der Waals surface area contributed by atoms with Gasteiger partial charge >= 0.3 is 11.1 Å². The highest BCUT2D eigenvalue weighted by molar-refractivity contribution is 6.31. The molecule has 11 heteroatoms. The lowest BCUT2D eigenvalue weighted by molar-refractivity contribution is -0.00445. The molecule has 34 heavy (non-hydrogen) atoms. The van der Waals surface area contributed by atoms with Crippen LogP contribution in [-0.2, 0) is 18.3 Å². The standard InChI is InChI=1S/C23H28ClN7O3/c1-15-14-34-8-7-30(15)13-16-10-26-23(27-11-16)29-5-3-18(4-6-29)31-20-19(9-17(24)12-25-20)28(2)21(32)22(31)33/h9-12,15,18H,3-8,13-14H2,1-2H3/t15-/m0/s1. The van der Waals surface area contributed by atoms with E-state index >= 15 is 0 Å². The fourth-order valence-electron chi connectivity index (χ4n) is 4.79. The van der Waals surface area contributed by atoms with Crippen molar-refractivity contribution in [2.24, 2.45) is 7.05 Å². The average molecular weight is 486 g/mol. The van der Waals surface area contributed by atoms with Crippen molar-refractivity contribution in [3.8, 4) is 0 Å². The number of pyridine rings is 1. The zero-order valence-corrected chi connectivity index (χ0v) is 20.1. The minimum absolute atomic E-state index is 0.129. The van der Waals surface area contributed by atoms with E-state index in [-0.39, 0.29) is 6.04 Å². The van der Waals surface area contributed by atoms with E-state index in [0.29, 0.717) is 54.1 Å². The van der Waals surface area contributed by atoms with E-state index in [1.54, 1.807) is 17.7 Å². The molecule has 2 aliphatic heterocycles. The molecule has 3 aromatic rings. The monoisotopic (exact) mass is 485 g/mol. The first-order chi connectivity index (χ1) is 16.4. The minimum atomic E-state index is -0.576. The third-order valence-electron chi connectivity index (χ3n) is 6.80. The predicted octanol–water partition coefficient (Wildman–Crippen LogP) is 1.60. The van der Waals surface area contributed by atoms with Crippen LogP contribution < -0.4 is 16.0 Å². The maximum absolute atomic E-state index is 12.9. The number of hydrogen-bond donors (Lipinski definition) is 0. The Hall–Kier alpha value is -2.82. The molecule has 2 fully saturated rings. The zero-order valence-electron chi connectivity index (χ0n) is 19.4. The van der Waals surface area contributed by atoms with Crippen molar-refractivity contribution < 1.29 is 4.74 Å². The summed E-state index contributed by atoms with van der Waals surface area (Å²) in [5, 5.41) is 0.422. The number of rotatable bonds is 4. The fraction of sp³-hybridized carbons (Fsp3) is 0.522. The van der Waals surface area contributed by atoms with Crippen molar-refractivity contribution in [2.45, 2.75) is 38.4 Å². The average Bonchev–Trinajstić information content (AvgIpc) is 2.85. The number of piperidine rings is 1. The van der Waals surface area contributed by atoms with E-state index in [1.807, 2.05) is 12.4 Å². The number of nitrogens with zero attached hydrogens (tertiary/aromatic N) is 7. The Morgan fingerprint density at radius 1 is 1.06 bits per heavy atom. The molecule has 0 saturated carbocycles. The summed E-state index contributed by atoms with van der Waals surface area (Å²) < 4.78 is 8.36. The number of ether oxygens (including phenoxy) is 1. The van der Waals surface area contributed by atoms with Gasteiger partial charge in [0.2, 0.25) is 5.95 Å². The van der Waals surface area contributed by atoms with Crippen molar-refractivity contribution in [2.75, 3.05) is 37.7 Å². The van der Waals surface area contributed by atoms with E-state index in [4.69, 9.17) is 16.3 Å². The largest absolute Gasteiger partial charge is 0.379 e. The van der Waals surface area contributed by atoms with Crippen molar-refractivity contribution in [1.29, 1.82) is 0 Å². The number of aromatic nitrogens is 5. The Labute approximate surface area is 201 Å². The Morgan fingerprint density at radius 2 is 1.79 bits per heavy atom. The van der Waals surface area contributed by atoms with E-state index in [1.165, 1.54) is 10.8 Å². The van der Waals surface area contributed by atoms with Crippen LogP contribution in [-0.4, -0.2) is 67.9 Å². The molecule has 5 heterocycles. The van der Waals surface area contributed by atoms with Crippen LogP contribution in [0.5, 0.6) is 0 Å². The molecular formula is C23H28ClN7O3. The zero-order chi connectivity index (χ0) is 23.8. The first-order valence-electron chi connectivity index (χ1n) is 11.6. The second kappa shape index (κ2) is 9.44. The highest BCUT2D eigenvalue weighted by Gasteiger charge is 2.26. The van der Waals surface area contributed by atoms with Crippen LogP contribution in [0.25, 0.3) is 11.2 Å². The van der Waals surface area contributed by atoms with Crippen molar-refractivity contribution in [3.63, 3.8) is 0 Å². The summed E-state index contributed by atoms with van der Waals surface area (Å²) in [4.78, 5) is 43.5. The van der Waals surface area contributed by atoms with Crippen LogP contribution in [0, 0.1) is 0 Å². The lowest BCUT2D eigenvalue weighted by Gasteiger charge is -2.34. The number of anilines is 1. The maximum Gasteiger partial charge on any atom is 0.318 e. The molecule has 3 aromatic heterocycles. The van der Waals surface area contributed by atoms with Gasteiger partial charge in [0.05, 0.1) is 23.8 Å². The highest BCUT2D eigenvalue weighted by Crippen LogP contribution is 2.26. The van der Waals surface area contributed by atoms with E-state index in [0.717, 1.165) is 31.9 Å². The van der Waals surface area contributed by atoms with Crippen molar-refractivity contribution in [1.82, 2.24) is 29.0 Å². The molecule has 1 atom stereocenters. The van der Waals surface area contributed by atoms with Crippen molar-refractivity contribution in [3.05, 3.63) is 56.0 Å². The third-order valence-corrected chi connectivity index (χ3v) is 7.01. The summed E-state index contributed by atoms with van der Waals surface area (Å²) in [5.41, 5.74) is 0.977. The van der Waals surface area contributed by atoms with Gasteiger partial charge in [-0.2, -0.15) is 0 Å². The lowest BCUT2D eigenvalue weighted by atomic mass is 10.0. The van der Waals surface area contributed by atoms with Crippen LogP contribution >= 0.6 is 11.6 Å². The fourth-order valence-corrected chi connectivity index (χ4v) is 4.94. The second-order valence-corrected chi connectivity index (χ2v) is 9.48. The second-order valence-electron chi connectivity index (χ2n) is 9.04. The number of halogens is 1. The molecular weight excluding hydrogens is 458 g/mol. The van der Waals surface area contributed by atoms with Gasteiger partial charge in [-0.25, -0.2) is 15.0 Å². The minimum Gasteiger partial charge on any atom is -0.379 e. The summed E-state index contributed by atoms with van der Waals surface area (Å²) in [6.45, 7) is 6.76. The quantitative estimate of drug-likeness (QED) is 0.514. The molecule has 10 nitrogen and oxygen atoms in total. The van der Waals surface area contributed by atoms with Crippen LogP contribution in [0.4, 0.5) is 5.95 Å². The Morgan fingerprint density at radius 3 is 2.50 bits per heavy atom. The first-order valence-corrected chi connectivity index (χ1v) is 11.9.